The van der Waals surface area contributed by atoms with Crippen LogP contribution in [0.2, 0.25) is 0 Å². The number of nitrogens with one attached hydrogen (secondary N) is 1. The van der Waals surface area contributed by atoms with Crippen LogP contribution in [0.25, 0.3) is 0 Å². The van der Waals surface area contributed by atoms with Gasteiger partial charge in [-0.1, -0.05) is 6.07 Å². The monoisotopic (exact) mass is 464 g/mol. The lowest BCUT2D eigenvalue weighted by Gasteiger charge is -2.30. The summed E-state index contributed by atoms with van der Waals surface area (Å²) in [6, 6.07) is 11.9. The van der Waals surface area contributed by atoms with Crippen LogP contribution in [0.5, 0.6) is 0 Å². The van der Waals surface area contributed by atoms with Crippen molar-refractivity contribution in [3.63, 3.8) is 0 Å². The maximum absolute atomic E-state index is 12.9. The molecule has 1 aliphatic heterocycles. The van der Waals surface area contributed by atoms with Crippen LogP contribution in [0.15, 0.2) is 58.3 Å². The third-order valence-corrected chi connectivity index (χ3v) is 8.26. The summed E-state index contributed by atoms with van der Waals surface area (Å²) in [5.74, 6) is -0.610. The Bertz CT molecular complexity index is 1200. The van der Waals surface area contributed by atoms with Crippen LogP contribution in [0, 0.1) is 5.92 Å². The van der Waals surface area contributed by atoms with Gasteiger partial charge in [0.05, 0.1) is 9.79 Å². The molecule has 1 fully saturated rings. The smallest absolute Gasteiger partial charge is 0.243 e. The van der Waals surface area contributed by atoms with Crippen molar-refractivity contribution in [2.45, 2.75) is 29.6 Å². The number of carbonyl (C=O) groups excluding carboxylic acids is 2. The molecule has 0 saturated carbocycles. The molecule has 1 N–H and O–H groups in total. The third kappa shape index (κ3) is 5.38. The molecule has 8 nitrogen and oxygen atoms in total. The molecule has 0 bridgehead atoms. The first-order valence-electron chi connectivity index (χ1n) is 9.70. The summed E-state index contributed by atoms with van der Waals surface area (Å²) < 4.78 is 50.6. The zero-order valence-corrected chi connectivity index (χ0v) is 18.9. The number of carbonyl (C=O) groups is 2. The van der Waals surface area contributed by atoms with Crippen molar-refractivity contribution in [2.75, 3.05) is 24.7 Å². The summed E-state index contributed by atoms with van der Waals surface area (Å²) in [6.07, 6.45) is 1.72. The maximum Gasteiger partial charge on any atom is 0.243 e. The Morgan fingerprint density at radius 3 is 2.06 bits per heavy atom. The normalized spacial score (nSPS) is 16.1. The zero-order chi connectivity index (χ0) is 22.8. The molecule has 2 aromatic carbocycles. The SMILES string of the molecule is CC(=O)c1ccc(NC(=O)C2CCN(S(=O)(=O)c3cccc(S(C)(=O)=O)c3)CC2)cc1. The third-order valence-electron chi connectivity index (χ3n) is 5.26. The van der Waals surface area contributed by atoms with Gasteiger partial charge in [-0.2, -0.15) is 4.31 Å². The highest BCUT2D eigenvalue weighted by molar-refractivity contribution is 7.91. The first kappa shape index (κ1) is 23.1. The Labute approximate surface area is 182 Å². The van der Waals surface area contributed by atoms with Crippen LogP contribution in [-0.4, -0.2) is 52.2 Å². The predicted octanol–water partition coefficient (Wildman–Crippen LogP) is 2.33. The molecule has 10 heteroatoms. The van der Waals surface area contributed by atoms with Gasteiger partial charge in [-0.3, -0.25) is 9.59 Å². The lowest BCUT2D eigenvalue weighted by atomic mass is 9.97. The standard InChI is InChI=1S/C21H24N2O6S2/c1-15(24)16-6-8-18(9-7-16)22-21(25)17-10-12-23(13-11-17)31(28,29)20-5-3-4-19(14-20)30(2,26)27/h3-9,14,17H,10-13H2,1-2H3,(H,22,25). The first-order chi connectivity index (χ1) is 14.5. The van der Waals surface area contributed by atoms with E-state index >= 15 is 0 Å². The van der Waals surface area contributed by atoms with Crippen molar-refractivity contribution in [3.8, 4) is 0 Å². The molecular formula is C21H24N2O6S2. The molecule has 0 spiro atoms. The Morgan fingerprint density at radius 2 is 1.52 bits per heavy atom. The number of hydrogen-bond acceptors (Lipinski definition) is 6. The number of ketones is 1. The predicted molar refractivity (Wildman–Crippen MR) is 116 cm³/mol. The number of benzene rings is 2. The number of Topliss-reactive ketones (excluding diaryl/α,β-unsaturated/α-hetero) is 1. The fraction of sp³-hybridized carbons (Fsp3) is 0.333. The minimum atomic E-state index is -3.86. The first-order valence-corrected chi connectivity index (χ1v) is 13.0. The molecule has 0 aromatic heterocycles. The largest absolute Gasteiger partial charge is 0.326 e. The number of anilines is 1. The van der Waals surface area contributed by atoms with Crippen molar-refractivity contribution in [2.24, 2.45) is 5.92 Å². The number of rotatable bonds is 6. The van der Waals surface area contributed by atoms with Crippen LogP contribution in [0.4, 0.5) is 5.69 Å². The highest BCUT2D eigenvalue weighted by Crippen LogP contribution is 2.26. The van der Waals surface area contributed by atoms with Gasteiger partial charge in [-0.05, 0) is 62.2 Å². The summed E-state index contributed by atoms with van der Waals surface area (Å²) >= 11 is 0. The highest BCUT2D eigenvalue weighted by Gasteiger charge is 2.32. The molecule has 31 heavy (non-hydrogen) atoms. The molecule has 1 aliphatic rings. The van der Waals surface area contributed by atoms with E-state index in [0.29, 0.717) is 24.1 Å². The molecule has 2 aromatic rings. The Balaban J connectivity index is 1.64. The molecule has 0 aliphatic carbocycles. The van der Waals surface area contributed by atoms with Gasteiger partial charge < -0.3 is 5.32 Å². The molecule has 1 amide bonds. The van der Waals surface area contributed by atoms with Gasteiger partial charge in [0, 0.05) is 36.5 Å². The summed E-state index contributed by atoms with van der Waals surface area (Å²) in [4.78, 5) is 23.8. The molecule has 166 valence electrons. The fourth-order valence-electron chi connectivity index (χ4n) is 3.41. The van der Waals surface area contributed by atoms with E-state index in [1.54, 1.807) is 24.3 Å². The average Bonchev–Trinajstić information content (AvgIpc) is 2.73. The molecule has 1 saturated heterocycles. The number of sulfonamides is 1. The van der Waals surface area contributed by atoms with E-state index < -0.39 is 19.9 Å². The van der Waals surface area contributed by atoms with E-state index in [1.807, 2.05) is 0 Å². The Hall–Kier alpha value is -2.56. The summed E-state index contributed by atoms with van der Waals surface area (Å²) in [7, 11) is -7.39. The van der Waals surface area contributed by atoms with Gasteiger partial charge in [0.25, 0.3) is 0 Å². The van der Waals surface area contributed by atoms with Crippen molar-refractivity contribution in [1.82, 2.24) is 4.31 Å². The second-order valence-corrected chi connectivity index (χ2v) is 11.5. The van der Waals surface area contributed by atoms with Gasteiger partial charge in [-0.25, -0.2) is 16.8 Å². The Morgan fingerprint density at radius 1 is 0.935 bits per heavy atom. The number of hydrogen-bond donors (Lipinski definition) is 1. The number of piperidine rings is 1. The van der Waals surface area contributed by atoms with Gasteiger partial charge in [0.15, 0.2) is 15.6 Å². The number of nitrogens with zero attached hydrogens (tertiary/aromatic N) is 1. The highest BCUT2D eigenvalue weighted by atomic mass is 32.2. The van der Waals surface area contributed by atoms with Crippen LogP contribution < -0.4 is 5.32 Å². The molecule has 1 heterocycles. The lowest BCUT2D eigenvalue weighted by molar-refractivity contribution is -0.120. The fourth-order valence-corrected chi connectivity index (χ4v) is 5.66. The molecule has 0 unspecified atom stereocenters. The van der Waals surface area contributed by atoms with Crippen molar-refractivity contribution >= 4 is 37.2 Å². The lowest BCUT2D eigenvalue weighted by Crippen LogP contribution is -2.41. The zero-order valence-electron chi connectivity index (χ0n) is 17.2. The van der Waals surface area contributed by atoms with Crippen molar-refractivity contribution in [3.05, 3.63) is 54.1 Å². The van der Waals surface area contributed by atoms with Gasteiger partial charge in [0.1, 0.15) is 0 Å². The summed E-state index contributed by atoms with van der Waals surface area (Å²) in [5, 5.41) is 2.80. The Kier molecular flexibility index (Phi) is 6.63. The summed E-state index contributed by atoms with van der Waals surface area (Å²) in [5.41, 5.74) is 1.12. The van der Waals surface area contributed by atoms with Gasteiger partial charge >= 0.3 is 0 Å². The molecule has 0 atom stereocenters. The average molecular weight is 465 g/mol. The number of sulfone groups is 1. The van der Waals surface area contributed by atoms with Gasteiger partial charge in [0.2, 0.25) is 15.9 Å². The topological polar surface area (TPSA) is 118 Å². The summed E-state index contributed by atoms with van der Waals surface area (Å²) in [6.45, 7) is 1.78. The second kappa shape index (κ2) is 8.89. The van der Waals surface area contributed by atoms with E-state index in [0.717, 1.165) is 12.3 Å². The number of amides is 1. The molecule has 3 rings (SSSR count). The van der Waals surface area contributed by atoms with E-state index in [-0.39, 0.29) is 40.5 Å². The van der Waals surface area contributed by atoms with Gasteiger partial charge in [-0.15, -0.1) is 0 Å². The van der Waals surface area contributed by atoms with E-state index in [1.165, 1.54) is 29.4 Å². The van der Waals surface area contributed by atoms with Crippen LogP contribution in [0.1, 0.15) is 30.1 Å². The van der Waals surface area contributed by atoms with Crippen LogP contribution in [-0.2, 0) is 24.7 Å². The molecule has 0 radical (unpaired) electrons. The van der Waals surface area contributed by atoms with Crippen molar-refractivity contribution in [1.29, 1.82) is 0 Å². The minimum Gasteiger partial charge on any atom is -0.326 e. The van der Waals surface area contributed by atoms with E-state index in [4.69, 9.17) is 0 Å². The van der Waals surface area contributed by atoms with Crippen molar-refractivity contribution < 1.29 is 26.4 Å². The van der Waals surface area contributed by atoms with E-state index in [9.17, 15) is 26.4 Å². The van der Waals surface area contributed by atoms with E-state index in [2.05, 4.69) is 5.32 Å². The quantitative estimate of drug-likeness (QED) is 0.656. The second-order valence-electron chi connectivity index (χ2n) is 7.55. The minimum absolute atomic E-state index is 0.0568. The molecular weight excluding hydrogens is 440 g/mol. The van der Waals surface area contributed by atoms with Crippen LogP contribution in [0.3, 0.4) is 0 Å². The van der Waals surface area contributed by atoms with Crippen LogP contribution >= 0.6 is 0 Å². The maximum atomic E-state index is 12.9.